The van der Waals surface area contributed by atoms with Crippen LogP contribution in [-0.4, -0.2) is 17.4 Å². The molecule has 1 amide bonds. The number of amides is 1. The van der Waals surface area contributed by atoms with Gasteiger partial charge in [0.1, 0.15) is 0 Å². The maximum atomic E-state index is 11.4. The molecule has 3 heteroatoms. The number of rotatable bonds is 3. The van der Waals surface area contributed by atoms with Crippen LogP contribution in [-0.2, 0) is 0 Å². The van der Waals surface area contributed by atoms with Crippen LogP contribution in [0, 0.1) is 5.92 Å². The third-order valence-corrected chi connectivity index (χ3v) is 2.64. The van der Waals surface area contributed by atoms with E-state index >= 15 is 0 Å². The van der Waals surface area contributed by atoms with Crippen LogP contribution < -0.4 is 5.32 Å². The van der Waals surface area contributed by atoms with Crippen LogP contribution in [0.3, 0.4) is 0 Å². The summed E-state index contributed by atoms with van der Waals surface area (Å²) in [5.74, 6) is 0.760. The maximum Gasteiger partial charge on any atom is 0.252 e. The SMILES string of the molecule is O=C(NCC1CCC1)c1cc[nH]c1. The normalized spacial score (nSPS) is 16.6. The Morgan fingerprint density at radius 1 is 1.62 bits per heavy atom. The summed E-state index contributed by atoms with van der Waals surface area (Å²) in [5, 5.41) is 2.93. The molecule has 0 aliphatic heterocycles. The fourth-order valence-corrected chi connectivity index (χ4v) is 1.50. The summed E-state index contributed by atoms with van der Waals surface area (Å²) in [6.07, 6.45) is 7.35. The van der Waals surface area contributed by atoms with Gasteiger partial charge in [-0.05, 0) is 24.8 Å². The molecule has 1 aliphatic rings. The molecule has 1 aliphatic carbocycles. The minimum atomic E-state index is 0.0353. The Kier molecular flexibility index (Phi) is 2.34. The number of carbonyl (C=O) groups is 1. The average Bonchev–Trinajstić information content (AvgIpc) is 2.52. The van der Waals surface area contributed by atoms with Crippen molar-refractivity contribution in [2.75, 3.05) is 6.54 Å². The molecule has 0 unspecified atom stereocenters. The van der Waals surface area contributed by atoms with Gasteiger partial charge in [0.15, 0.2) is 0 Å². The molecule has 0 aromatic carbocycles. The number of hydrogen-bond donors (Lipinski definition) is 2. The van der Waals surface area contributed by atoms with Crippen molar-refractivity contribution < 1.29 is 4.79 Å². The summed E-state index contributed by atoms with van der Waals surface area (Å²) < 4.78 is 0. The van der Waals surface area contributed by atoms with Gasteiger partial charge in [-0.1, -0.05) is 6.42 Å². The zero-order valence-corrected chi connectivity index (χ0v) is 7.55. The fraction of sp³-hybridized carbons (Fsp3) is 0.500. The molecule has 1 aromatic heterocycles. The number of hydrogen-bond acceptors (Lipinski definition) is 1. The highest BCUT2D eigenvalue weighted by Gasteiger charge is 2.18. The van der Waals surface area contributed by atoms with Crippen molar-refractivity contribution in [3.8, 4) is 0 Å². The first kappa shape index (κ1) is 8.35. The lowest BCUT2D eigenvalue weighted by atomic mass is 9.85. The van der Waals surface area contributed by atoms with Gasteiger partial charge in [0.2, 0.25) is 0 Å². The number of nitrogens with one attached hydrogen (secondary N) is 2. The smallest absolute Gasteiger partial charge is 0.252 e. The lowest BCUT2D eigenvalue weighted by Gasteiger charge is -2.25. The van der Waals surface area contributed by atoms with Crippen molar-refractivity contribution in [3.05, 3.63) is 24.0 Å². The van der Waals surface area contributed by atoms with Crippen LogP contribution in [0.15, 0.2) is 18.5 Å². The van der Waals surface area contributed by atoms with Gasteiger partial charge in [0.05, 0.1) is 5.56 Å². The van der Waals surface area contributed by atoms with Crippen LogP contribution in [0.1, 0.15) is 29.6 Å². The van der Waals surface area contributed by atoms with Gasteiger partial charge in [0, 0.05) is 18.9 Å². The average molecular weight is 178 g/mol. The Balaban J connectivity index is 1.78. The summed E-state index contributed by atoms with van der Waals surface area (Å²) in [6.45, 7) is 0.837. The summed E-state index contributed by atoms with van der Waals surface area (Å²) in [6, 6.07) is 1.79. The van der Waals surface area contributed by atoms with Crippen molar-refractivity contribution in [3.63, 3.8) is 0 Å². The van der Waals surface area contributed by atoms with E-state index in [0.717, 1.165) is 18.0 Å². The summed E-state index contributed by atoms with van der Waals surface area (Å²) in [7, 11) is 0. The van der Waals surface area contributed by atoms with Crippen molar-refractivity contribution in [1.29, 1.82) is 0 Å². The van der Waals surface area contributed by atoms with E-state index in [0.29, 0.717) is 0 Å². The Bertz CT molecular complexity index is 275. The zero-order chi connectivity index (χ0) is 9.10. The van der Waals surface area contributed by atoms with Crippen molar-refractivity contribution in [1.82, 2.24) is 10.3 Å². The molecule has 13 heavy (non-hydrogen) atoms. The number of aromatic amines is 1. The van der Waals surface area contributed by atoms with Crippen LogP contribution in [0.25, 0.3) is 0 Å². The van der Waals surface area contributed by atoms with E-state index in [4.69, 9.17) is 0 Å². The minimum Gasteiger partial charge on any atom is -0.367 e. The van der Waals surface area contributed by atoms with Crippen molar-refractivity contribution in [2.24, 2.45) is 5.92 Å². The van der Waals surface area contributed by atoms with E-state index in [2.05, 4.69) is 10.3 Å². The van der Waals surface area contributed by atoms with Crippen molar-refractivity contribution in [2.45, 2.75) is 19.3 Å². The van der Waals surface area contributed by atoms with Gasteiger partial charge in [-0.25, -0.2) is 0 Å². The van der Waals surface area contributed by atoms with E-state index in [1.165, 1.54) is 19.3 Å². The van der Waals surface area contributed by atoms with Gasteiger partial charge in [-0.2, -0.15) is 0 Å². The second-order valence-electron chi connectivity index (χ2n) is 3.61. The molecule has 2 N–H and O–H groups in total. The Morgan fingerprint density at radius 2 is 2.46 bits per heavy atom. The molecule has 1 fully saturated rings. The molecule has 1 saturated carbocycles. The molecular weight excluding hydrogens is 164 g/mol. The number of carbonyl (C=O) groups excluding carboxylic acids is 1. The first-order chi connectivity index (χ1) is 6.36. The predicted molar refractivity (Wildman–Crippen MR) is 50.5 cm³/mol. The Labute approximate surface area is 77.5 Å². The lowest BCUT2D eigenvalue weighted by Crippen LogP contribution is -2.31. The molecule has 2 rings (SSSR count). The Hall–Kier alpha value is -1.25. The highest BCUT2D eigenvalue weighted by Crippen LogP contribution is 2.25. The van der Waals surface area contributed by atoms with Gasteiger partial charge >= 0.3 is 0 Å². The molecule has 70 valence electrons. The van der Waals surface area contributed by atoms with Crippen LogP contribution >= 0.6 is 0 Å². The molecule has 0 radical (unpaired) electrons. The highest BCUT2D eigenvalue weighted by atomic mass is 16.1. The van der Waals surface area contributed by atoms with Gasteiger partial charge in [-0.15, -0.1) is 0 Å². The van der Waals surface area contributed by atoms with E-state index in [9.17, 15) is 4.79 Å². The molecule has 0 saturated heterocycles. The quantitative estimate of drug-likeness (QED) is 0.724. The summed E-state index contributed by atoms with van der Waals surface area (Å²) >= 11 is 0. The molecule has 0 atom stereocenters. The minimum absolute atomic E-state index is 0.0353. The number of aromatic nitrogens is 1. The highest BCUT2D eigenvalue weighted by molar-refractivity contribution is 5.93. The zero-order valence-electron chi connectivity index (χ0n) is 7.55. The second kappa shape index (κ2) is 3.64. The molecule has 1 aromatic rings. The third-order valence-electron chi connectivity index (χ3n) is 2.64. The van der Waals surface area contributed by atoms with Crippen LogP contribution in [0.4, 0.5) is 0 Å². The van der Waals surface area contributed by atoms with E-state index in [1.54, 1.807) is 18.5 Å². The summed E-state index contributed by atoms with van der Waals surface area (Å²) in [5.41, 5.74) is 0.722. The Morgan fingerprint density at radius 3 is 3.00 bits per heavy atom. The second-order valence-corrected chi connectivity index (χ2v) is 3.61. The molecule has 0 bridgehead atoms. The number of H-pyrrole nitrogens is 1. The fourth-order valence-electron chi connectivity index (χ4n) is 1.50. The van der Waals surface area contributed by atoms with Crippen LogP contribution in [0.5, 0.6) is 0 Å². The molecule has 3 nitrogen and oxygen atoms in total. The monoisotopic (exact) mass is 178 g/mol. The topological polar surface area (TPSA) is 44.9 Å². The lowest BCUT2D eigenvalue weighted by molar-refractivity contribution is 0.0939. The van der Waals surface area contributed by atoms with Crippen molar-refractivity contribution >= 4 is 5.91 Å². The maximum absolute atomic E-state index is 11.4. The molecule has 0 spiro atoms. The first-order valence-corrected chi connectivity index (χ1v) is 4.77. The van der Waals surface area contributed by atoms with Gasteiger partial charge < -0.3 is 10.3 Å². The standard InChI is InChI=1S/C10H14N2O/c13-10(9-4-5-11-7-9)12-6-8-2-1-3-8/h4-5,7-8,11H,1-3,6H2,(H,12,13). The predicted octanol–water partition coefficient (Wildman–Crippen LogP) is 1.54. The largest absolute Gasteiger partial charge is 0.367 e. The molecule has 1 heterocycles. The van der Waals surface area contributed by atoms with E-state index < -0.39 is 0 Å². The van der Waals surface area contributed by atoms with Gasteiger partial charge in [-0.3, -0.25) is 4.79 Å². The first-order valence-electron chi connectivity index (χ1n) is 4.77. The van der Waals surface area contributed by atoms with Gasteiger partial charge in [0.25, 0.3) is 5.91 Å². The summed E-state index contributed by atoms with van der Waals surface area (Å²) in [4.78, 5) is 14.3. The molecular formula is C10H14N2O. The van der Waals surface area contributed by atoms with E-state index in [1.807, 2.05) is 0 Å². The van der Waals surface area contributed by atoms with Crippen LogP contribution in [0.2, 0.25) is 0 Å². The van der Waals surface area contributed by atoms with E-state index in [-0.39, 0.29) is 5.91 Å². The third kappa shape index (κ3) is 1.91.